The average Bonchev–Trinajstić information content (AvgIpc) is 2.82. The van der Waals surface area contributed by atoms with Gasteiger partial charge in [0.15, 0.2) is 0 Å². The van der Waals surface area contributed by atoms with Crippen molar-refractivity contribution in [3.05, 3.63) is 41.5 Å². The van der Waals surface area contributed by atoms with E-state index in [2.05, 4.69) is 29.6 Å². The Bertz CT molecular complexity index is 344. The van der Waals surface area contributed by atoms with Crippen LogP contribution in [0.25, 0.3) is 0 Å². The Morgan fingerprint density at radius 1 is 1.20 bits per heavy atom. The normalized spacial score (nSPS) is 26.5. The van der Waals surface area contributed by atoms with Crippen LogP contribution >= 0.6 is 0 Å². The van der Waals surface area contributed by atoms with Gasteiger partial charge in [0.1, 0.15) is 6.10 Å². The molecule has 0 amide bonds. The molecular formula is C13H16NO. The molecule has 0 spiro atoms. The number of benzene rings is 1. The van der Waals surface area contributed by atoms with Crippen molar-refractivity contribution >= 4 is 0 Å². The fourth-order valence-corrected chi connectivity index (χ4v) is 2.54. The van der Waals surface area contributed by atoms with Crippen molar-refractivity contribution in [3.63, 3.8) is 0 Å². The van der Waals surface area contributed by atoms with Crippen LogP contribution in [0, 0.1) is 6.10 Å². The third kappa shape index (κ3) is 1.68. The van der Waals surface area contributed by atoms with Crippen molar-refractivity contribution in [2.75, 3.05) is 13.2 Å². The van der Waals surface area contributed by atoms with Gasteiger partial charge in [-0.2, -0.15) is 0 Å². The van der Waals surface area contributed by atoms with Crippen LogP contribution in [0.3, 0.4) is 0 Å². The lowest BCUT2D eigenvalue weighted by atomic mass is 9.90. The Morgan fingerprint density at radius 2 is 2.13 bits per heavy atom. The van der Waals surface area contributed by atoms with E-state index in [1.807, 2.05) is 0 Å². The second kappa shape index (κ2) is 3.95. The van der Waals surface area contributed by atoms with Gasteiger partial charge in [-0.3, -0.25) is 0 Å². The van der Waals surface area contributed by atoms with Gasteiger partial charge in [0.2, 0.25) is 0 Å². The molecule has 2 heteroatoms. The quantitative estimate of drug-likeness (QED) is 0.754. The molecular weight excluding hydrogens is 186 g/mol. The van der Waals surface area contributed by atoms with Crippen LogP contribution in [0.2, 0.25) is 0 Å². The van der Waals surface area contributed by atoms with Crippen LogP contribution in [0.1, 0.15) is 30.0 Å². The van der Waals surface area contributed by atoms with Gasteiger partial charge in [-0.15, -0.1) is 0 Å². The SMILES string of the molecule is c1ccc2c(c1)CCNC2[C]1CCCO1. The highest BCUT2D eigenvalue weighted by Gasteiger charge is 2.31. The van der Waals surface area contributed by atoms with Crippen molar-refractivity contribution in [1.82, 2.24) is 5.32 Å². The number of hydrogen-bond acceptors (Lipinski definition) is 2. The van der Waals surface area contributed by atoms with Gasteiger partial charge in [0, 0.05) is 6.61 Å². The average molecular weight is 202 g/mol. The molecule has 0 bridgehead atoms. The predicted octanol–water partition coefficient (Wildman–Crippen LogP) is 2.22. The molecule has 79 valence electrons. The van der Waals surface area contributed by atoms with Crippen LogP contribution in [0.15, 0.2) is 24.3 Å². The van der Waals surface area contributed by atoms with Gasteiger partial charge < -0.3 is 10.1 Å². The van der Waals surface area contributed by atoms with Crippen LogP contribution in [-0.2, 0) is 11.2 Å². The molecule has 2 aliphatic heterocycles. The van der Waals surface area contributed by atoms with Gasteiger partial charge in [0.25, 0.3) is 0 Å². The number of ether oxygens (including phenoxy) is 1. The van der Waals surface area contributed by atoms with E-state index in [0.29, 0.717) is 6.04 Å². The lowest BCUT2D eigenvalue weighted by molar-refractivity contribution is 0.163. The van der Waals surface area contributed by atoms with E-state index in [1.165, 1.54) is 23.7 Å². The van der Waals surface area contributed by atoms with Crippen LogP contribution in [-0.4, -0.2) is 13.2 Å². The molecule has 1 radical (unpaired) electrons. The molecule has 2 aliphatic rings. The highest BCUT2D eigenvalue weighted by atomic mass is 16.5. The summed E-state index contributed by atoms with van der Waals surface area (Å²) in [5.41, 5.74) is 2.89. The topological polar surface area (TPSA) is 21.3 Å². The minimum Gasteiger partial charge on any atom is -0.370 e. The maximum absolute atomic E-state index is 5.70. The predicted molar refractivity (Wildman–Crippen MR) is 59.3 cm³/mol. The zero-order chi connectivity index (χ0) is 10.1. The fourth-order valence-electron chi connectivity index (χ4n) is 2.54. The first-order chi connectivity index (χ1) is 7.45. The van der Waals surface area contributed by atoms with E-state index in [9.17, 15) is 0 Å². The van der Waals surface area contributed by atoms with E-state index in [4.69, 9.17) is 4.74 Å². The van der Waals surface area contributed by atoms with Gasteiger partial charge in [0.05, 0.1) is 6.04 Å². The minimum absolute atomic E-state index is 0.345. The molecule has 0 aromatic heterocycles. The maximum Gasteiger partial charge on any atom is 0.118 e. The standard InChI is InChI=1S/C13H16NO/c1-2-5-11-10(4-1)7-8-14-13(11)12-6-3-9-15-12/h1-2,4-5,13-14H,3,6-9H2. The number of rotatable bonds is 1. The molecule has 2 nitrogen and oxygen atoms in total. The van der Waals surface area contributed by atoms with Crippen molar-refractivity contribution < 1.29 is 4.74 Å². The molecule has 0 aliphatic carbocycles. The number of fused-ring (bicyclic) bond motifs is 1. The summed E-state index contributed by atoms with van der Waals surface area (Å²) in [5, 5.41) is 3.56. The summed E-state index contributed by atoms with van der Waals surface area (Å²) in [5.74, 6) is 0. The van der Waals surface area contributed by atoms with Gasteiger partial charge >= 0.3 is 0 Å². The monoisotopic (exact) mass is 202 g/mol. The van der Waals surface area contributed by atoms with Gasteiger partial charge in [-0.05, 0) is 36.9 Å². The van der Waals surface area contributed by atoms with Crippen molar-refractivity contribution in [1.29, 1.82) is 0 Å². The first-order valence-electron chi connectivity index (χ1n) is 5.75. The highest BCUT2D eigenvalue weighted by Crippen LogP contribution is 2.36. The summed E-state index contributed by atoms with van der Waals surface area (Å²) in [6, 6.07) is 9.05. The molecule has 2 heterocycles. The third-order valence-corrected chi connectivity index (χ3v) is 3.29. The van der Waals surface area contributed by atoms with Crippen molar-refractivity contribution in [3.8, 4) is 0 Å². The molecule has 15 heavy (non-hydrogen) atoms. The van der Waals surface area contributed by atoms with E-state index in [0.717, 1.165) is 26.0 Å². The van der Waals surface area contributed by atoms with Crippen molar-refractivity contribution in [2.45, 2.75) is 25.3 Å². The largest absolute Gasteiger partial charge is 0.370 e. The van der Waals surface area contributed by atoms with Crippen LogP contribution in [0.5, 0.6) is 0 Å². The van der Waals surface area contributed by atoms with Crippen LogP contribution < -0.4 is 5.32 Å². The summed E-state index contributed by atoms with van der Waals surface area (Å²) in [7, 11) is 0. The number of nitrogens with one attached hydrogen (secondary N) is 1. The molecule has 1 aromatic carbocycles. The third-order valence-electron chi connectivity index (χ3n) is 3.29. The summed E-state index contributed by atoms with van der Waals surface area (Å²) < 4.78 is 5.70. The summed E-state index contributed by atoms with van der Waals surface area (Å²) in [6.45, 7) is 1.96. The van der Waals surface area contributed by atoms with Crippen LogP contribution in [0.4, 0.5) is 0 Å². The first-order valence-corrected chi connectivity index (χ1v) is 5.75. The molecule has 1 fully saturated rings. The molecule has 1 atom stereocenters. The van der Waals surface area contributed by atoms with E-state index >= 15 is 0 Å². The molecule has 3 rings (SSSR count). The molecule has 1 saturated heterocycles. The Hall–Kier alpha value is -0.860. The zero-order valence-corrected chi connectivity index (χ0v) is 8.83. The molecule has 1 N–H and O–H groups in total. The smallest absolute Gasteiger partial charge is 0.118 e. The Labute approximate surface area is 90.6 Å². The zero-order valence-electron chi connectivity index (χ0n) is 8.83. The lowest BCUT2D eigenvalue weighted by Crippen LogP contribution is -2.33. The van der Waals surface area contributed by atoms with E-state index in [-0.39, 0.29) is 0 Å². The Balaban J connectivity index is 1.91. The van der Waals surface area contributed by atoms with Crippen molar-refractivity contribution in [2.24, 2.45) is 0 Å². The molecule has 0 saturated carbocycles. The summed E-state index contributed by atoms with van der Waals surface area (Å²) >= 11 is 0. The second-order valence-corrected chi connectivity index (χ2v) is 4.25. The minimum atomic E-state index is 0.345. The van der Waals surface area contributed by atoms with E-state index in [1.54, 1.807) is 0 Å². The summed E-state index contributed by atoms with van der Waals surface area (Å²) in [4.78, 5) is 0. The number of hydrogen-bond donors (Lipinski definition) is 1. The Morgan fingerprint density at radius 3 is 3.00 bits per heavy atom. The maximum atomic E-state index is 5.70. The fraction of sp³-hybridized carbons (Fsp3) is 0.462. The molecule has 1 aromatic rings. The first kappa shape index (κ1) is 9.37. The van der Waals surface area contributed by atoms with Gasteiger partial charge in [-0.1, -0.05) is 24.3 Å². The summed E-state index contributed by atoms with van der Waals surface area (Å²) in [6.07, 6.45) is 4.67. The van der Waals surface area contributed by atoms with E-state index < -0.39 is 0 Å². The lowest BCUT2D eigenvalue weighted by Gasteiger charge is -2.30. The van der Waals surface area contributed by atoms with Gasteiger partial charge in [-0.25, -0.2) is 0 Å². The highest BCUT2D eigenvalue weighted by molar-refractivity contribution is 5.35. The second-order valence-electron chi connectivity index (χ2n) is 4.25. The molecule has 1 unspecified atom stereocenters. The Kier molecular flexibility index (Phi) is 2.47.